The van der Waals surface area contributed by atoms with Crippen molar-refractivity contribution in [1.29, 1.82) is 0 Å². The van der Waals surface area contributed by atoms with Gasteiger partial charge < -0.3 is 10.3 Å². The van der Waals surface area contributed by atoms with Crippen molar-refractivity contribution in [2.45, 2.75) is 25.1 Å². The van der Waals surface area contributed by atoms with Crippen molar-refractivity contribution >= 4 is 23.1 Å². The van der Waals surface area contributed by atoms with E-state index in [0.717, 1.165) is 28.6 Å². The van der Waals surface area contributed by atoms with Gasteiger partial charge in [-0.25, -0.2) is 0 Å². The zero-order valence-corrected chi connectivity index (χ0v) is 11.3. The molecule has 0 aromatic carbocycles. The van der Waals surface area contributed by atoms with Crippen LogP contribution in [-0.4, -0.2) is 21.9 Å². The topological polar surface area (TPSA) is 64.9 Å². The van der Waals surface area contributed by atoms with Crippen LogP contribution < -0.4 is 5.73 Å². The molecule has 0 fully saturated rings. The van der Waals surface area contributed by atoms with Gasteiger partial charge in [0.25, 0.3) is 5.89 Å². The number of thiophene rings is 1. The van der Waals surface area contributed by atoms with Gasteiger partial charge in [-0.2, -0.15) is 16.7 Å². The van der Waals surface area contributed by atoms with E-state index in [2.05, 4.69) is 10.1 Å². The molecule has 0 amide bonds. The maximum absolute atomic E-state index is 5.68. The summed E-state index contributed by atoms with van der Waals surface area (Å²) < 4.78 is 5.20. The first-order valence-corrected chi connectivity index (χ1v) is 7.49. The van der Waals surface area contributed by atoms with Crippen LogP contribution in [0.3, 0.4) is 0 Å². The maximum atomic E-state index is 5.68. The number of rotatable bonds is 6. The maximum Gasteiger partial charge on any atom is 0.268 e. The largest absolute Gasteiger partial charge is 0.333 e. The molecule has 0 spiro atoms. The summed E-state index contributed by atoms with van der Waals surface area (Å²) in [5, 5.41) is 5.95. The van der Waals surface area contributed by atoms with Gasteiger partial charge in [-0.15, -0.1) is 11.3 Å². The Labute approximate surface area is 109 Å². The fraction of sp³-hybridized carbons (Fsp3) is 0.455. The highest BCUT2D eigenvalue weighted by Crippen LogP contribution is 2.23. The SMILES string of the molecule is CC(N)CCSCc1noc(-c2cccs2)n1. The van der Waals surface area contributed by atoms with Crippen LogP contribution in [0.1, 0.15) is 19.2 Å². The monoisotopic (exact) mass is 269 g/mol. The van der Waals surface area contributed by atoms with Crippen LogP contribution in [-0.2, 0) is 5.75 Å². The second-order valence-corrected chi connectivity index (χ2v) is 5.86. The molecule has 6 heteroatoms. The Kier molecular flexibility index (Phi) is 4.58. The van der Waals surface area contributed by atoms with Gasteiger partial charge >= 0.3 is 0 Å². The van der Waals surface area contributed by atoms with Gasteiger partial charge in [0.05, 0.1) is 10.6 Å². The number of hydrogen-bond acceptors (Lipinski definition) is 6. The lowest BCUT2D eigenvalue weighted by atomic mass is 10.3. The van der Waals surface area contributed by atoms with E-state index in [0.29, 0.717) is 5.89 Å². The first kappa shape index (κ1) is 12.6. The highest BCUT2D eigenvalue weighted by atomic mass is 32.2. The number of thioether (sulfide) groups is 1. The summed E-state index contributed by atoms with van der Waals surface area (Å²) in [4.78, 5) is 5.37. The van der Waals surface area contributed by atoms with Crippen molar-refractivity contribution in [3.8, 4) is 10.8 Å². The molecule has 2 N–H and O–H groups in total. The van der Waals surface area contributed by atoms with Gasteiger partial charge in [-0.05, 0) is 30.5 Å². The van der Waals surface area contributed by atoms with Gasteiger partial charge in [-0.1, -0.05) is 11.2 Å². The third-order valence-electron chi connectivity index (χ3n) is 2.15. The smallest absolute Gasteiger partial charge is 0.268 e. The van der Waals surface area contributed by atoms with Gasteiger partial charge in [0, 0.05) is 6.04 Å². The van der Waals surface area contributed by atoms with Gasteiger partial charge in [-0.3, -0.25) is 0 Å². The van der Waals surface area contributed by atoms with Gasteiger partial charge in [0.15, 0.2) is 5.82 Å². The average molecular weight is 269 g/mol. The highest BCUT2D eigenvalue weighted by molar-refractivity contribution is 7.98. The van der Waals surface area contributed by atoms with E-state index in [1.165, 1.54) is 0 Å². The molecule has 0 aliphatic rings. The second-order valence-electron chi connectivity index (χ2n) is 3.81. The van der Waals surface area contributed by atoms with Crippen molar-refractivity contribution in [3.63, 3.8) is 0 Å². The van der Waals surface area contributed by atoms with Gasteiger partial charge in [0.1, 0.15) is 0 Å². The molecular weight excluding hydrogens is 254 g/mol. The molecule has 0 saturated heterocycles. The molecule has 0 saturated carbocycles. The van der Waals surface area contributed by atoms with Crippen LogP contribution in [0.4, 0.5) is 0 Å². The van der Waals surface area contributed by atoms with Crippen LogP contribution in [0, 0.1) is 0 Å². The molecule has 2 heterocycles. The van der Waals surface area contributed by atoms with Crippen LogP contribution in [0.2, 0.25) is 0 Å². The summed E-state index contributed by atoms with van der Waals surface area (Å²) in [6.07, 6.45) is 1.01. The molecule has 0 aliphatic heterocycles. The average Bonchev–Trinajstić information content (AvgIpc) is 2.94. The predicted octanol–water partition coefficient (Wildman–Crippen LogP) is 2.77. The van der Waals surface area contributed by atoms with E-state index in [-0.39, 0.29) is 6.04 Å². The molecular formula is C11H15N3OS2. The van der Waals surface area contributed by atoms with Crippen molar-refractivity contribution < 1.29 is 4.52 Å². The molecule has 2 aromatic heterocycles. The Morgan fingerprint density at radius 2 is 2.47 bits per heavy atom. The molecule has 17 heavy (non-hydrogen) atoms. The van der Waals surface area contributed by atoms with Gasteiger partial charge in [0.2, 0.25) is 0 Å². The van der Waals surface area contributed by atoms with E-state index in [1.54, 1.807) is 23.1 Å². The van der Waals surface area contributed by atoms with Crippen LogP contribution >= 0.6 is 23.1 Å². The normalized spacial score (nSPS) is 12.8. The van der Waals surface area contributed by atoms with Crippen LogP contribution in [0.5, 0.6) is 0 Å². The van der Waals surface area contributed by atoms with Crippen LogP contribution in [0.15, 0.2) is 22.0 Å². The zero-order valence-electron chi connectivity index (χ0n) is 9.63. The highest BCUT2D eigenvalue weighted by Gasteiger charge is 2.09. The third kappa shape index (κ3) is 3.83. The molecule has 0 bridgehead atoms. The molecule has 92 valence electrons. The quantitative estimate of drug-likeness (QED) is 0.817. The molecule has 1 unspecified atom stereocenters. The molecule has 1 atom stereocenters. The predicted molar refractivity (Wildman–Crippen MR) is 72.0 cm³/mol. The first-order chi connectivity index (χ1) is 8.25. The lowest BCUT2D eigenvalue weighted by Gasteiger charge is -2.01. The van der Waals surface area contributed by atoms with E-state index in [9.17, 15) is 0 Å². The lowest BCUT2D eigenvalue weighted by Crippen LogP contribution is -2.15. The lowest BCUT2D eigenvalue weighted by molar-refractivity contribution is 0.426. The van der Waals surface area contributed by atoms with Crippen molar-refractivity contribution in [3.05, 3.63) is 23.3 Å². The number of nitrogens with zero attached hydrogens (tertiary/aromatic N) is 2. The van der Waals surface area contributed by atoms with Crippen molar-refractivity contribution in [2.24, 2.45) is 5.73 Å². The van der Waals surface area contributed by atoms with E-state index >= 15 is 0 Å². The van der Waals surface area contributed by atoms with Crippen molar-refractivity contribution in [2.75, 3.05) is 5.75 Å². The van der Waals surface area contributed by atoms with Crippen LogP contribution in [0.25, 0.3) is 10.8 Å². The Morgan fingerprint density at radius 1 is 1.59 bits per heavy atom. The summed E-state index contributed by atoms with van der Waals surface area (Å²) in [5.41, 5.74) is 5.68. The van der Waals surface area contributed by atoms with E-state index in [4.69, 9.17) is 10.3 Å². The fourth-order valence-corrected chi connectivity index (χ4v) is 2.87. The van der Waals surface area contributed by atoms with E-state index in [1.807, 2.05) is 24.4 Å². The third-order valence-corrected chi connectivity index (χ3v) is 3.99. The Balaban J connectivity index is 1.83. The minimum absolute atomic E-state index is 0.259. The number of nitrogens with two attached hydrogens (primary N) is 1. The summed E-state index contributed by atoms with van der Waals surface area (Å²) >= 11 is 3.39. The summed E-state index contributed by atoms with van der Waals surface area (Å²) in [6, 6.07) is 4.21. The first-order valence-electron chi connectivity index (χ1n) is 5.45. The Hall–Kier alpha value is -0.850. The Bertz CT molecular complexity index is 439. The molecule has 2 rings (SSSR count). The number of aromatic nitrogens is 2. The second kappa shape index (κ2) is 6.18. The van der Waals surface area contributed by atoms with E-state index < -0.39 is 0 Å². The standard InChI is InChI=1S/C11H15N3OS2/c1-8(12)4-6-16-7-10-13-11(15-14-10)9-3-2-5-17-9/h2-3,5,8H,4,6-7,12H2,1H3. The minimum atomic E-state index is 0.259. The molecule has 0 radical (unpaired) electrons. The fourth-order valence-electron chi connectivity index (χ4n) is 1.25. The molecule has 0 aliphatic carbocycles. The minimum Gasteiger partial charge on any atom is -0.333 e. The summed E-state index contributed by atoms with van der Waals surface area (Å²) in [5.74, 6) is 3.17. The van der Waals surface area contributed by atoms with Crippen molar-refractivity contribution in [1.82, 2.24) is 10.1 Å². The zero-order chi connectivity index (χ0) is 12.1. The number of hydrogen-bond donors (Lipinski definition) is 1. The Morgan fingerprint density at radius 3 is 3.18 bits per heavy atom. The molecule has 4 nitrogen and oxygen atoms in total. The molecule has 2 aromatic rings. The summed E-state index contributed by atoms with van der Waals surface area (Å²) in [6.45, 7) is 2.02. The summed E-state index contributed by atoms with van der Waals surface area (Å²) in [7, 11) is 0.